The van der Waals surface area contributed by atoms with Gasteiger partial charge in [0.15, 0.2) is 11.4 Å². The molecule has 192 valence electrons. The normalized spacial score (nSPS) is 16.3. The monoisotopic (exact) mass is 496 g/mol. The number of methoxy groups -OCH3 is 1. The smallest absolute Gasteiger partial charge is 0.416 e. The third-order valence-corrected chi connectivity index (χ3v) is 6.06. The summed E-state index contributed by atoms with van der Waals surface area (Å²) >= 11 is 0. The van der Waals surface area contributed by atoms with Gasteiger partial charge in [-0.15, -0.1) is 0 Å². The lowest BCUT2D eigenvalue weighted by molar-refractivity contribution is -0.143. The summed E-state index contributed by atoms with van der Waals surface area (Å²) in [7, 11) is 1.36. The van der Waals surface area contributed by atoms with Crippen LogP contribution in [0.2, 0.25) is 0 Å². The summed E-state index contributed by atoms with van der Waals surface area (Å²) in [4.78, 5) is 29.4. The van der Waals surface area contributed by atoms with Crippen molar-refractivity contribution in [2.24, 2.45) is 0 Å². The van der Waals surface area contributed by atoms with Crippen LogP contribution in [0.15, 0.2) is 30.5 Å². The van der Waals surface area contributed by atoms with Crippen LogP contribution in [0.1, 0.15) is 49.2 Å². The first kappa shape index (κ1) is 26.5. The second kappa shape index (κ2) is 11.6. The molecule has 1 atom stereocenters. The van der Waals surface area contributed by atoms with Gasteiger partial charge in [0.1, 0.15) is 0 Å². The van der Waals surface area contributed by atoms with Crippen LogP contribution in [0.4, 0.5) is 13.2 Å². The third-order valence-electron chi connectivity index (χ3n) is 6.06. The minimum Gasteiger partial charge on any atom is -0.493 e. The van der Waals surface area contributed by atoms with Crippen LogP contribution in [0.5, 0.6) is 5.75 Å². The van der Waals surface area contributed by atoms with Gasteiger partial charge in [-0.2, -0.15) is 18.3 Å². The molecule has 1 aliphatic rings. The van der Waals surface area contributed by atoms with E-state index in [1.54, 1.807) is 11.8 Å². The maximum absolute atomic E-state index is 13.6. The Hall–Kier alpha value is -3.08. The number of aromatic nitrogens is 2. The summed E-state index contributed by atoms with van der Waals surface area (Å²) in [5.41, 5.74) is -0.715. The molecular formula is C24H31F3N4O4. The predicted octanol–water partition coefficient (Wildman–Crippen LogP) is 3.78. The molecule has 0 bridgehead atoms. The molecule has 8 nitrogen and oxygen atoms in total. The van der Waals surface area contributed by atoms with Gasteiger partial charge in [-0.1, -0.05) is 13.0 Å². The fourth-order valence-corrected chi connectivity index (χ4v) is 4.27. The summed E-state index contributed by atoms with van der Waals surface area (Å²) in [6, 6.07) is 4.80. The lowest BCUT2D eigenvalue weighted by Gasteiger charge is -2.30. The Morgan fingerprint density at radius 3 is 2.69 bits per heavy atom. The van der Waals surface area contributed by atoms with Crippen molar-refractivity contribution in [3.05, 3.63) is 41.7 Å². The number of hydrogen-bond donors (Lipinski definition) is 0. The maximum Gasteiger partial charge on any atom is 0.416 e. The Kier molecular flexibility index (Phi) is 8.76. The number of likely N-dealkylation sites (tertiary alicyclic amines) is 1. The van der Waals surface area contributed by atoms with E-state index in [0.29, 0.717) is 6.54 Å². The quantitative estimate of drug-likeness (QED) is 0.466. The molecule has 1 saturated heterocycles. The summed E-state index contributed by atoms with van der Waals surface area (Å²) < 4.78 is 51.1. The van der Waals surface area contributed by atoms with E-state index in [1.165, 1.54) is 30.1 Å². The molecule has 3 rings (SSSR count). The van der Waals surface area contributed by atoms with Crippen molar-refractivity contribution in [3.63, 3.8) is 0 Å². The molecule has 0 spiro atoms. The molecule has 0 radical (unpaired) electrons. The molecule has 1 aromatic heterocycles. The van der Waals surface area contributed by atoms with Crippen LogP contribution >= 0.6 is 0 Å². The van der Waals surface area contributed by atoms with Gasteiger partial charge in [0.05, 0.1) is 37.6 Å². The number of hydrogen-bond acceptors (Lipinski definition) is 6. The van der Waals surface area contributed by atoms with E-state index < -0.39 is 23.6 Å². The molecule has 2 heterocycles. The molecule has 1 fully saturated rings. The van der Waals surface area contributed by atoms with Gasteiger partial charge in [-0.3, -0.25) is 14.5 Å². The number of ether oxygens (including phenoxy) is 2. The van der Waals surface area contributed by atoms with Gasteiger partial charge in [0.2, 0.25) is 0 Å². The zero-order chi connectivity index (χ0) is 25.6. The van der Waals surface area contributed by atoms with Crippen LogP contribution in [0.25, 0.3) is 5.69 Å². The Morgan fingerprint density at radius 2 is 2.03 bits per heavy atom. The van der Waals surface area contributed by atoms with E-state index in [2.05, 4.69) is 16.9 Å². The molecular weight excluding hydrogens is 465 g/mol. The topological polar surface area (TPSA) is 76.9 Å². The molecule has 0 saturated carbocycles. The minimum atomic E-state index is -4.51. The van der Waals surface area contributed by atoms with Crippen molar-refractivity contribution in [2.75, 3.05) is 39.9 Å². The zero-order valence-corrected chi connectivity index (χ0v) is 20.2. The number of likely N-dealkylation sites (N-methyl/N-ethyl adjacent to an activating group) is 1. The van der Waals surface area contributed by atoms with Crippen molar-refractivity contribution in [3.8, 4) is 11.4 Å². The van der Waals surface area contributed by atoms with Crippen molar-refractivity contribution in [1.29, 1.82) is 0 Å². The highest BCUT2D eigenvalue weighted by atomic mass is 19.4. The molecule has 1 unspecified atom stereocenters. The Balaban J connectivity index is 1.89. The van der Waals surface area contributed by atoms with Crippen LogP contribution < -0.4 is 4.74 Å². The molecule has 1 aromatic carbocycles. The molecule has 11 heteroatoms. The second-order valence-electron chi connectivity index (χ2n) is 8.27. The summed E-state index contributed by atoms with van der Waals surface area (Å²) in [6.45, 7) is 6.32. The van der Waals surface area contributed by atoms with Gasteiger partial charge in [0, 0.05) is 19.1 Å². The van der Waals surface area contributed by atoms with Crippen LogP contribution in [-0.2, 0) is 15.7 Å². The van der Waals surface area contributed by atoms with Crippen LogP contribution in [0, 0.1) is 0 Å². The first-order chi connectivity index (χ1) is 16.7. The molecule has 1 amide bonds. The largest absolute Gasteiger partial charge is 0.493 e. The zero-order valence-electron chi connectivity index (χ0n) is 20.2. The lowest BCUT2D eigenvalue weighted by Crippen LogP contribution is -2.44. The van der Waals surface area contributed by atoms with E-state index in [0.717, 1.165) is 38.1 Å². The first-order valence-electron chi connectivity index (χ1n) is 11.7. The maximum atomic E-state index is 13.6. The number of esters is 1. The van der Waals surface area contributed by atoms with Gasteiger partial charge in [-0.05, 0) is 51.1 Å². The standard InChI is InChI=1S/C24H31F3N4O4/c1-4-29-12-7-10-19(29)15-30(13-11-21(32)35-5-2)23(33)22-20(34-3)16-31(28-22)18-9-6-8-17(14-18)24(25,26)27/h6,8-9,14,16,19H,4-5,7,10-13,15H2,1-3H3. The van der Waals surface area contributed by atoms with Crippen LogP contribution in [0.3, 0.4) is 0 Å². The highest BCUT2D eigenvalue weighted by Crippen LogP contribution is 2.31. The van der Waals surface area contributed by atoms with Gasteiger partial charge in [0.25, 0.3) is 5.91 Å². The summed E-state index contributed by atoms with van der Waals surface area (Å²) in [6.07, 6.45) is -1.17. The SMILES string of the molecule is CCOC(=O)CCN(CC1CCCN1CC)C(=O)c1nn(-c2cccc(C(F)(F)F)c2)cc1OC. The number of amides is 1. The first-order valence-corrected chi connectivity index (χ1v) is 11.7. The second-order valence-corrected chi connectivity index (χ2v) is 8.27. The Labute approximate surface area is 202 Å². The van der Waals surface area contributed by atoms with E-state index in [1.807, 2.05) is 0 Å². The molecule has 0 N–H and O–H groups in total. The average molecular weight is 497 g/mol. The average Bonchev–Trinajstić information content (AvgIpc) is 3.47. The predicted molar refractivity (Wildman–Crippen MR) is 123 cm³/mol. The molecule has 1 aliphatic heterocycles. The van der Waals surface area contributed by atoms with E-state index in [-0.39, 0.29) is 42.7 Å². The van der Waals surface area contributed by atoms with Gasteiger partial charge < -0.3 is 14.4 Å². The van der Waals surface area contributed by atoms with Crippen LogP contribution in [-0.4, -0.2) is 77.4 Å². The van der Waals surface area contributed by atoms with Crippen molar-refractivity contribution in [1.82, 2.24) is 19.6 Å². The summed E-state index contributed by atoms with van der Waals surface area (Å²) in [5, 5.41) is 4.28. The van der Waals surface area contributed by atoms with Crippen molar-refractivity contribution >= 4 is 11.9 Å². The van der Waals surface area contributed by atoms with E-state index in [9.17, 15) is 22.8 Å². The number of benzene rings is 1. The lowest BCUT2D eigenvalue weighted by atomic mass is 10.2. The molecule has 0 aliphatic carbocycles. The van der Waals surface area contributed by atoms with Crippen molar-refractivity contribution in [2.45, 2.75) is 45.3 Å². The van der Waals surface area contributed by atoms with Gasteiger partial charge in [-0.25, -0.2) is 4.68 Å². The number of alkyl halides is 3. The Bertz CT molecular complexity index is 1020. The third kappa shape index (κ3) is 6.53. The number of carbonyl (C=O) groups excluding carboxylic acids is 2. The number of rotatable bonds is 10. The molecule has 2 aromatic rings. The van der Waals surface area contributed by atoms with Crippen molar-refractivity contribution < 1.29 is 32.2 Å². The minimum absolute atomic E-state index is 0.0229. The highest BCUT2D eigenvalue weighted by molar-refractivity contribution is 5.95. The van der Waals surface area contributed by atoms with E-state index >= 15 is 0 Å². The Morgan fingerprint density at radius 1 is 1.26 bits per heavy atom. The fourth-order valence-electron chi connectivity index (χ4n) is 4.27. The fraction of sp³-hybridized carbons (Fsp3) is 0.542. The van der Waals surface area contributed by atoms with Gasteiger partial charge >= 0.3 is 12.1 Å². The highest BCUT2D eigenvalue weighted by Gasteiger charge is 2.32. The molecule has 35 heavy (non-hydrogen) atoms. The number of halogens is 3. The summed E-state index contributed by atoms with van der Waals surface area (Å²) in [5.74, 6) is -0.738. The number of carbonyl (C=O) groups is 2. The number of nitrogens with zero attached hydrogens (tertiary/aromatic N) is 4. The van der Waals surface area contributed by atoms with E-state index in [4.69, 9.17) is 9.47 Å².